The minimum absolute atomic E-state index is 0.0823. The van der Waals surface area contributed by atoms with Gasteiger partial charge in [0, 0.05) is 0 Å². The molecular formula is C15H30O2. The van der Waals surface area contributed by atoms with Crippen LogP contribution in [0.25, 0.3) is 0 Å². The van der Waals surface area contributed by atoms with Gasteiger partial charge < -0.3 is 9.47 Å². The van der Waals surface area contributed by atoms with Crippen molar-refractivity contribution in [3.8, 4) is 0 Å². The molecule has 102 valence electrons. The first kappa shape index (κ1) is 15.0. The van der Waals surface area contributed by atoms with E-state index in [-0.39, 0.29) is 6.29 Å². The average molecular weight is 242 g/mol. The SMILES string of the molecule is CCCCCCCCCCC1OCCC(C)O1. The molecule has 1 rings (SSSR count). The zero-order valence-corrected chi connectivity index (χ0v) is 11.7. The molecule has 2 unspecified atom stereocenters. The third-order valence-electron chi connectivity index (χ3n) is 3.51. The standard InChI is InChI=1S/C15H30O2/c1-3-4-5-6-7-8-9-10-11-15-16-13-12-14(2)17-15/h14-15H,3-13H2,1-2H3. The van der Waals surface area contributed by atoms with Crippen LogP contribution in [0.5, 0.6) is 0 Å². The van der Waals surface area contributed by atoms with Crippen molar-refractivity contribution in [3.05, 3.63) is 0 Å². The lowest BCUT2D eigenvalue weighted by molar-refractivity contribution is -0.210. The van der Waals surface area contributed by atoms with Crippen LogP contribution in [0, 0.1) is 0 Å². The van der Waals surface area contributed by atoms with Crippen molar-refractivity contribution in [1.29, 1.82) is 0 Å². The van der Waals surface area contributed by atoms with Crippen molar-refractivity contribution in [2.24, 2.45) is 0 Å². The summed E-state index contributed by atoms with van der Waals surface area (Å²) in [5, 5.41) is 0. The van der Waals surface area contributed by atoms with Gasteiger partial charge in [-0.2, -0.15) is 0 Å². The summed E-state index contributed by atoms with van der Waals surface area (Å²) < 4.78 is 11.3. The molecule has 1 heterocycles. The second-order valence-electron chi connectivity index (χ2n) is 5.30. The van der Waals surface area contributed by atoms with Crippen LogP contribution < -0.4 is 0 Å². The molecule has 0 spiro atoms. The second kappa shape index (κ2) is 9.90. The summed E-state index contributed by atoms with van der Waals surface area (Å²) >= 11 is 0. The lowest BCUT2D eigenvalue weighted by Crippen LogP contribution is -2.30. The first-order valence-corrected chi connectivity index (χ1v) is 7.60. The van der Waals surface area contributed by atoms with Crippen molar-refractivity contribution < 1.29 is 9.47 Å². The summed E-state index contributed by atoms with van der Waals surface area (Å²) in [6.45, 7) is 5.29. The van der Waals surface area contributed by atoms with E-state index in [1.54, 1.807) is 0 Å². The Hall–Kier alpha value is -0.0800. The van der Waals surface area contributed by atoms with Crippen molar-refractivity contribution >= 4 is 0 Å². The normalized spacial score (nSPS) is 25.1. The first-order chi connectivity index (χ1) is 8.33. The van der Waals surface area contributed by atoms with Crippen LogP contribution in [-0.2, 0) is 9.47 Å². The maximum Gasteiger partial charge on any atom is 0.157 e. The van der Waals surface area contributed by atoms with Gasteiger partial charge in [0.05, 0.1) is 12.7 Å². The Labute approximate surface area is 107 Å². The van der Waals surface area contributed by atoms with E-state index in [9.17, 15) is 0 Å². The molecule has 2 heteroatoms. The lowest BCUT2D eigenvalue weighted by Gasteiger charge is -2.28. The average Bonchev–Trinajstić information content (AvgIpc) is 2.33. The summed E-state index contributed by atoms with van der Waals surface area (Å²) in [4.78, 5) is 0. The van der Waals surface area contributed by atoms with E-state index in [0.29, 0.717) is 6.10 Å². The highest BCUT2D eigenvalue weighted by atomic mass is 16.7. The molecule has 0 aliphatic carbocycles. The Morgan fingerprint density at radius 3 is 2.24 bits per heavy atom. The van der Waals surface area contributed by atoms with Crippen molar-refractivity contribution in [2.75, 3.05) is 6.61 Å². The van der Waals surface area contributed by atoms with Gasteiger partial charge in [-0.1, -0.05) is 51.9 Å². The molecular weight excluding hydrogens is 212 g/mol. The summed E-state index contributed by atoms with van der Waals surface area (Å²) in [6.07, 6.45) is 13.6. The third-order valence-corrected chi connectivity index (χ3v) is 3.51. The molecule has 0 amide bonds. The molecule has 17 heavy (non-hydrogen) atoms. The molecule has 1 aliphatic rings. The Bertz CT molecular complexity index is 170. The van der Waals surface area contributed by atoms with Crippen molar-refractivity contribution in [2.45, 2.75) is 90.4 Å². The van der Waals surface area contributed by atoms with Gasteiger partial charge in [-0.3, -0.25) is 0 Å². The highest BCUT2D eigenvalue weighted by molar-refractivity contribution is 4.59. The fraction of sp³-hybridized carbons (Fsp3) is 1.00. The number of rotatable bonds is 9. The largest absolute Gasteiger partial charge is 0.353 e. The molecule has 1 fully saturated rings. The molecule has 0 N–H and O–H groups in total. The fourth-order valence-electron chi connectivity index (χ4n) is 2.33. The second-order valence-corrected chi connectivity index (χ2v) is 5.30. The summed E-state index contributed by atoms with van der Waals surface area (Å²) in [5.74, 6) is 0. The summed E-state index contributed by atoms with van der Waals surface area (Å²) in [7, 11) is 0. The number of ether oxygens (including phenoxy) is 2. The van der Waals surface area contributed by atoms with E-state index in [2.05, 4.69) is 13.8 Å². The van der Waals surface area contributed by atoms with Gasteiger partial charge in [0.15, 0.2) is 6.29 Å². The Kier molecular flexibility index (Phi) is 8.72. The monoisotopic (exact) mass is 242 g/mol. The van der Waals surface area contributed by atoms with E-state index in [4.69, 9.17) is 9.47 Å². The van der Waals surface area contributed by atoms with Gasteiger partial charge in [0.2, 0.25) is 0 Å². The zero-order chi connectivity index (χ0) is 12.3. The summed E-state index contributed by atoms with van der Waals surface area (Å²) in [5.41, 5.74) is 0. The van der Waals surface area contributed by atoms with Crippen LogP contribution in [0.3, 0.4) is 0 Å². The zero-order valence-electron chi connectivity index (χ0n) is 11.7. The van der Waals surface area contributed by atoms with E-state index in [1.807, 2.05) is 0 Å². The molecule has 2 nitrogen and oxygen atoms in total. The molecule has 0 aromatic rings. The minimum Gasteiger partial charge on any atom is -0.353 e. The lowest BCUT2D eigenvalue weighted by atomic mass is 10.1. The topological polar surface area (TPSA) is 18.5 Å². The molecule has 0 radical (unpaired) electrons. The minimum atomic E-state index is 0.0823. The van der Waals surface area contributed by atoms with Gasteiger partial charge in [-0.15, -0.1) is 0 Å². The highest BCUT2D eigenvalue weighted by Gasteiger charge is 2.18. The Morgan fingerprint density at radius 1 is 0.941 bits per heavy atom. The molecule has 1 saturated heterocycles. The van der Waals surface area contributed by atoms with Gasteiger partial charge >= 0.3 is 0 Å². The van der Waals surface area contributed by atoms with E-state index in [0.717, 1.165) is 19.4 Å². The predicted molar refractivity (Wildman–Crippen MR) is 72.1 cm³/mol. The molecule has 2 atom stereocenters. The maximum atomic E-state index is 5.72. The van der Waals surface area contributed by atoms with Gasteiger partial charge in [0.1, 0.15) is 0 Å². The third kappa shape index (κ3) is 7.77. The van der Waals surface area contributed by atoms with Crippen LogP contribution in [0.2, 0.25) is 0 Å². The van der Waals surface area contributed by atoms with Crippen LogP contribution in [-0.4, -0.2) is 19.0 Å². The molecule has 0 aromatic heterocycles. The Balaban J connectivity index is 1.83. The van der Waals surface area contributed by atoms with Gasteiger partial charge in [-0.05, 0) is 26.2 Å². The van der Waals surface area contributed by atoms with Crippen LogP contribution >= 0.6 is 0 Å². The highest BCUT2D eigenvalue weighted by Crippen LogP contribution is 2.18. The van der Waals surface area contributed by atoms with E-state index >= 15 is 0 Å². The maximum absolute atomic E-state index is 5.72. The number of unbranched alkanes of at least 4 members (excludes halogenated alkanes) is 7. The first-order valence-electron chi connectivity index (χ1n) is 7.60. The quantitative estimate of drug-likeness (QED) is 0.547. The van der Waals surface area contributed by atoms with Crippen LogP contribution in [0.1, 0.15) is 78.1 Å². The summed E-state index contributed by atoms with van der Waals surface area (Å²) in [6, 6.07) is 0. The molecule has 1 aliphatic heterocycles. The van der Waals surface area contributed by atoms with Crippen molar-refractivity contribution in [3.63, 3.8) is 0 Å². The van der Waals surface area contributed by atoms with E-state index < -0.39 is 0 Å². The van der Waals surface area contributed by atoms with Crippen molar-refractivity contribution in [1.82, 2.24) is 0 Å². The predicted octanol–water partition coefficient (Wildman–Crippen LogP) is 4.67. The van der Waals surface area contributed by atoms with Crippen LogP contribution in [0.15, 0.2) is 0 Å². The fourth-order valence-corrected chi connectivity index (χ4v) is 2.33. The van der Waals surface area contributed by atoms with Gasteiger partial charge in [-0.25, -0.2) is 0 Å². The number of hydrogen-bond acceptors (Lipinski definition) is 2. The number of hydrogen-bond donors (Lipinski definition) is 0. The van der Waals surface area contributed by atoms with Gasteiger partial charge in [0.25, 0.3) is 0 Å². The Morgan fingerprint density at radius 2 is 1.59 bits per heavy atom. The smallest absolute Gasteiger partial charge is 0.157 e. The van der Waals surface area contributed by atoms with Crippen LogP contribution in [0.4, 0.5) is 0 Å². The molecule has 0 saturated carbocycles. The molecule has 0 bridgehead atoms. The molecule has 0 aromatic carbocycles. The van der Waals surface area contributed by atoms with E-state index in [1.165, 1.54) is 51.4 Å².